The molecule has 3 aliphatic rings. The fourth-order valence-electron chi connectivity index (χ4n) is 5.62. The minimum atomic E-state index is -3.89. The molecule has 0 radical (unpaired) electrons. The van der Waals surface area contributed by atoms with Gasteiger partial charge in [0.05, 0.1) is 24.6 Å². The molecule has 0 saturated heterocycles. The highest BCUT2D eigenvalue weighted by Gasteiger charge is 2.54. The number of nitrogens with one attached hydrogen (secondary N) is 1. The molecule has 4 atom stereocenters. The molecule has 0 aromatic heterocycles. The fourth-order valence-corrected chi connectivity index (χ4v) is 7.50. The second-order valence-corrected chi connectivity index (χ2v) is 12.6. The van der Waals surface area contributed by atoms with Crippen molar-refractivity contribution in [2.75, 3.05) is 18.5 Å². The van der Waals surface area contributed by atoms with Crippen molar-refractivity contribution in [3.63, 3.8) is 0 Å². The van der Waals surface area contributed by atoms with Crippen LogP contribution in [0.25, 0.3) is 0 Å². The van der Waals surface area contributed by atoms with Crippen molar-refractivity contribution in [3.8, 4) is 0 Å². The van der Waals surface area contributed by atoms with Gasteiger partial charge < -0.3 is 15.0 Å². The number of anilines is 1. The predicted octanol–water partition coefficient (Wildman–Crippen LogP) is 4.05. The number of amides is 1. The Hall–Kier alpha value is -1.69. The summed E-state index contributed by atoms with van der Waals surface area (Å²) in [6.45, 7) is 6.84. The van der Waals surface area contributed by atoms with Crippen molar-refractivity contribution in [3.05, 3.63) is 21.8 Å². The van der Waals surface area contributed by atoms with Gasteiger partial charge in [-0.15, -0.1) is 4.40 Å². The quantitative estimate of drug-likeness (QED) is 0.356. The molecule has 2 fully saturated rings. The largest absolute Gasteiger partial charge is 0.466 e. The summed E-state index contributed by atoms with van der Waals surface area (Å²) in [5.74, 6) is 0.261. The lowest BCUT2D eigenvalue weighted by Crippen LogP contribution is -2.51. The van der Waals surface area contributed by atoms with Crippen LogP contribution in [0.3, 0.4) is 0 Å². The standard InChI is InChI=1S/C24H32IN3O5S/c1-4-33-24(30)22-15-5-6-16(11-15)23(22)28(10-9-14(2)3)21(29)13-20-26-18-8-7-17(25)12-19(18)34(31,32)27-20/h7-8,12,14-16,22-23H,4-6,9-11,13H2,1-3H3,(H,26,27)/t15-,16+,22?,23?/m0/s1. The summed E-state index contributed by atoms with van der Waals surface area (Å²) in [5.41, 5.74) is 0.427. The zero-order valence-electron chi connectivity index (χ0n) is 19.8. The minimum Gasteiger partial charge on any atom is -0.466 e. The van der Waals surface area contributed by atoms with E-state index in [9.17, 15) is 18.0 Å². The Labute approximate surface area is 215 Å². The first-order valence-electron chi connectivity index (χ1n) is 12.0. The molecule has 2 aliphatic carbocycles. The third-order valence-corrected chi connectivity index (χ3v) is 9.13. The molecule has 2 saturated carbocycles. The van der Waals surface area contributed by atoms with Crippen LogP contribution in [0.1, 0.15) is 52.9 Å². The predicted molar refractivity (Wildman–Crippen MR) is 138 cm³/mol. The number of nitrogens with zero attached hydrogens (tertiary/aromatic N) is 2. The summed E-state index contributed by atoms with van der Waals surface area (Å²) in [5, 5.41) is 3.04. The Kier molecular flexibility index (Phi) is 7.56. The van der Waals surface area contributed by atoms with Gasteiger partial charge in [0, 0.05) is 16.2 Å². The molecule has 186 valence electrons. The molecule has 2 unspecified atom stereocenters. The maximum Gasteiger partial charge on any atom is 0.311 e. The van der Waals surface area contributed by atoms with E-state index in [0.717, 1.165) is 29.3 Å². The van der Waals surface area contributed by atoms with E-state index in [4.69, 9.17) is 4.74 Å². The Balaban J connectivity index is 1.59. The van der Waals surface area contributed by atoms with Crippen LogP contribution in [0.15, 0.2) is 27.5 Å². The van der Waals surface area contributed by atoms with Gasteiger partial charge in [0.2, 0.25) is 5.91 Å². The number of fused-ring (bicyclic) bond motifs is 3. The van der Waals surface area contributed by atoms with Crippen molar-refractivity contribution >= 4 is 56.0 Å². The topological polar surface area (TPSA) is 105 Å². The lowest BCUT2D eigenvalue weighted by molar-refractivity contribution is -0.154. The summed E-state index contributed by atoms with van der Waals surface area (Å²) in [6, 6.07) is 4.85. The summed E-state index contributed by atoms with van der Waals surface area (Å²) in [7, 11) is -3.89. The summed E-state index contributed by atoms with van der Waals surface area (Å²) < 4.78 is 35.6. The number of carbonyl (C=O) groups excluding carboxylic acids is 2. The van der Waals surface area contributed by atoms with Crippen LogP contribution in [-0.2, 0) is 24.3 Å². The highest BCUT2D eigenvalue weighted by molar-refractivity contribution is 14.1. The molecule has 1 amide bonds. The van der Waals surface area contributed by atoms with Crippen molar-refractivity contribution in [1.82, 2.24) is 4.90 Å². The van der Waals surface area contributed by atoms with Gasteiger partial charge in [-0.3, -0.25) is 9.59 Å². The highest BCUT2D eigenvalue weighted by Crippen LogP contribution is 2.51. The lowest BCUT2D eigenvalue weighted by Gasteiger charge is -2.39. The molecular formula is C24H32IN3O5S. The number of hydrogen-bond donors (Lipinski definition) is 1. The van der Waals surface area contributed by atoms with E-state index in [-0.39, 0.29) is 52.8 Å². The molecule has 34 heavy (non-hydrogen) atoms. The summed E-state index contributed by atoms with van der Waals surface area (Å²) >= 11 is 2.05. The number of carbonyl (C=O) groups is 2. The minimum absolute atomic E-state index is 0.114. The lowest BCUT2D eigenvalue weighted by atomic mass is 9.83. The SMILES string of the molecule is CCOC(=O)C1C(N(CCC(C)C)C(=O)CC2=NS(=O)(=O)c3cc(I)ccc3N2)[C@@H]2CC[C@H]1C2. The maximum atomic E-state index is 13.6. The number of rotatable bonds is 8. The number of benzene rings is 1. The maximum absolute atomic E-state index is 13.6. The monoisotopic (exact) mass is 601 g/mol. The van der Waals surface area contributed by atoms with Gasteiger partial charge in [0.1, 0.15) is 10.7 Å². The van der Waals surface area contributed by atoms with Crippen LogP contribution in [0.4, 0.5) is 5.69 Å². The fraction of sp³-hybridized carbons (Fsp3) is 0.625. The number of amidine groups is 1. The van der Waals surface area contributed by atoms with Gasteiger partial charge in [-0.05, 0) is 91.2 Å². The van der Waals surface area contributed by atoms with Crippen molar-refractivity contribution < 1.29 is 22.7 Å². The number of esters is 1. The highest BCUT2D eigenvalue weighted by atomic mass is 127. The van der Waals surface area contributed by atoms with Crippen LogP contribution in [-0.4, -0.2) is 50.2 Å². The first kappa shape index (κ1) is 25.4. The van der Waals surface area contributed by atoms with Crippen LogP contribution in [0.5, 0.6) is 0 Å². The van der Waals surface area contributed by atoms with E-state index in [2.05, 4.69) is 46.2 Å². The van der Waals surface area contributed by atoms with E-state index in [1.807, 2.05) is 4.90 Å². The smallest absolute Gasteiger partial charge is 0.311 e. The zero-order valence-corrected chi connectivity index (χ0v) is 22.8. The first-order valence-corrected chi connectivity index (χ1v) is 14.5. The average molecular weight is 602 g/mol. The van der Waals surface area contributed by atoms with Crippen LogP contribution >= 0.6 is 22.6 Å². The molecule has 1 aromatic rings. The van der Waals surface area contributed by atoms with Crippen molar-refractivity contribution in [2.45, 2.75) is 63.8 Å². The molecule has 2 bridgehead atoms. The van der Waals surface area contributed by atoms with E-state index >= 15 is 0 Å². The second kappa shape index (κ2) is 10.1. The molecule has 10 heteroatoms. The van der Waals surface area contributed by atoms with E-state index in [0.29, 0.717) is 24.8 Å². The second-order valence-electron chi connectivity index (χ2n) is 9.83. The number of ether oxygens (including phenoxy) is 1. The van der Waals surface area contributed by atoms with E-state index < -0.39 is 10.0 Å². The first-order chi connectivity index (χ1) is 16.1. The van der Waals surface area contributed by atoms with Gasteiger partial charge in [0.25, 0.3) is 10.0 Å². The van der Waals surface area contributed by atoms with Crippen LogP contribution in [0.2, 0.25) is 0 Å². The molecular weight excluding hydrogens is 569 g/mol. The molecule has 0 spiro atoms. The Morgan fingerprint density at radius 3 is 2.71 bits per heavy atom. The summed E-state index contributed by atoms with van der Waals surface area (Å²) in [6.07, 6.45) is 3.55. The zero-order chi connectivity index (χ0) is 24.6. The van der Waals surface area contributed by atoms with Crippen molar-refractivity contribution in [1.29, 1.82) is 0 Å². The summed E-state index contributed by atoms with van der Waals surface area (Å²) in [4.78, 5) is 28.5. The molecule has 4 rings (SSSR count). The van der Waals surface area contributed by atoms with E-state index in [1.165, 1.54) is 0 Å². The normalized spacial score (nSPS) is 26.6. The third-order valence-electron chi connectivity index (χ3n) is 7.11. The molecule has 1 heterocycles. The van der Waals surface area contributed by atoms with Gasteiger partial charge in [-0.25, -0.2) is 0 Å². The molecule has 1 N–H and O–H groups in total. The number of halogens is 1. The van der Waals surface area contributed by atoms with Crippen LogP contribution in [0, 0.1) is 27.2 Å². The third kappa shape index (κ3) is 5.12. The van der Waals surface area contributed by atoms with Crippen molar-refractivity contribution in [2.24, 2.45) is 28.1 Å². The Bertz CT molecular complexity index is 1100. The van der Waals surface area contributed by atoms with E-state index in [1.54, 1.807) is 25.1 Å². The molecule has 8 nitrogen and oxygen atoms in total. The van der Waals surface area contributed by atoms with Gasteiger partial charge >= 0.3 is 5.97 Å². The Morgan fingerprint density at radius 1 is 1.26 bits per heavy atom. The van der Waals surface area contributed by atoms with Crippen LogP contribution < -0.4 is 5.32 Å². The van der Waals surface area contributed by atoms with Gasteiger partial charge in [-0.2, -0.15) is 8.42 Å². The molecule has 1 aliphatic heterocycles. The van der Waals surface area contributed by atoms with Gasteiger partial charge in [-0.1, -0.05) is 13.8 Å². The average Bonchev–Trinajstić information content (AvgIpc) is 3.36. The number of hydrogen-bond acceptors (Lipinski definition) is 6. The number of sulfonamides is 1. The van der Waals surface area contributed by atoms with Gasteiger partial charge in [0.15, 0.2) is 0 Å². The Morgan fingerprint density at radius 2 is 2.00 bits per heavy atom. The molecule has 1 aromatic carbocycles.